The van der Waals surface area contributed by atoms with Crippen LogP contribution in [0.5, 0.6) is 0 Å². The van der Waals surface area contributed by atoms with Crippen molar-refractivity contribution in [2.75, 3.05) is 13.2 Å². The van der Waals surface area contributed by atoms with E-state index in [4.69, 9.17) is 10.6 Å². The molecule has 4 N–H and O–H groups in total. The molecule has 23 heavy (non-hydrogen) atoms. The number of nitrogens with two attached hydrogens (primary N) is 1. The largest absolute Gasteiger partial charge is 0.361 e. The van der Waals surface area contributed by atoms with Gasteiger partial charge in [-0.15, -0.1) is 0 Å². The van der Waals surface area contributed by atoms with E-state index in [0.717, 1.165) is 12.8 Å². The fourth-order valence-corrected chi connectivity index (χ4v) is 2.64. The van der Waals surface area contributed by atoms with Crippen LogP contribution < -0.4 is 16.6 Å². The summed E-state index contributed by atoms with van der Waals surface area (Å²) in [5.41, 5.74) is 8.79. The molecule has 2 fully saturated rings. The maximum Gasteiger partial charge on any atom is 0.345 e. The Kier molecular flexibility index (Phi) is 5.37. The third-order valence-corrected chi connectivity index (χ3v) is 3.88. The number of rotatable bonds is 5. The van der Waals surface area contributed by atoms with E-state index in [1.165, 1.54) is 9.96 Å². The molecule has 10 heteroatoms. The Balaban J connectivity index is 1.91. The fraction of sp³-hybridized carbons (Fsp3) is 0.692. The second kappa shape index (κ2) is 7.27. The third-order valence-electron chi connectivity index (χ3n) is 3.88. The highest BCUT2D eigenvalue weighted by atomic mass is 16.7. The molecule has 0 aromatic rings. The lowest BCUT2D eigenvalue weighted by molar-refractivity contribution is -0.139. The van der Waals surface area contributed by atoms with Crippen LogP contribution >= 0.6 is 0 Å². The SMILES string of the molecule is CCCCON1C(=O)N2C[C@@H]1CC[C@H]2C(=O)NNC(=O)C(N)=O. The number of hydroxylamine groups is 2. The van der Waals surface area contributed by atoms with E-state index in [-0.39, 0.29) is 12.1 Å². The predicted octanol–water partition coefficient (Wildman–Crippen LogP) is -1.38. The number of primary amides is 1. The molecule has 2 saturated heterocycles. The first-order chi connectivity index (χ1) is 11.0. The molecular formula is C13H21N5O5. The molecule has 0 aliphatic carbocycles. The number of hydrogen-bond donors (Lipinski definition) is 3. The van der Waals surface area contributed by atoms with Crippen molar-refractivity contribution in [3.05, 3.63) is 0 Å². The highest BCUT2D eigenvalue weighted by Crippen LogP contribution is 2.30. The number of hydrazine groups is 1. The van der Waals surface area contributed by atoms with Crippen LogP contribution in [-0.2, 0) is 19.2 Å². The summed E-state index contributed by atoms with van der Waals surface area (Å²) in [5, 5.41) is 1.34. The molecule has 128 valence electrons. The van der Waals surface area contributed by atoms with Crippen LogP contribution in [0.3, 0.4) is 0 Å². The van der Waals surface area contributed by atoms with Gasteiger partial charge in [-0.1, -0.05) is 13.3 Å². The molecule has 2 aliphatic rings. The number of nitrogens with zero attached hydrogens (tertiary/aromatic N) is 2. The van der Waals surface area contributed by atoms with Gasteiger partial charge in [0, 0.05) is 6.54 Å². The Morgan fingerprint density at radius 3 is 2.70 bits per heavy atom. The number of carbonyl (C=O) groups excluding carboxylic acids is 4. The zero-order valence-corrected chi connectivity index (χ0v) is 12.9. The van der Waals surface area contributed by atoms with Crippen molar-refractivity contribution in [3.8, 4) is 0 Å². The zero-order chi connectivity index (χ0) is 17.0. The summed E-state index contributed by atoms with van der Waals surface area (Å²) in [5.74, 6) is -2.90. The van der Waals surface area contributed by atoms with Gasteiger partial charge in [0.25, 0.3) is 5.91 Å². The molecule has 0 aromatic heterocycles. The molecule has 10 nitrogen and oxygen atoms in total. The van der Waals surface area contributed by atoms with Crippen molar-refractivity contribution in [1.82, 2.24) is 20.8 Å². The van der Waals surface area contributed by atoms with Crippen molar-refractivity contribution in [1.29, 1.82) is 0 Å². The number of fused-ring (bicyclic) bond motifs is 2. The molecule has 2 bridgehead atoms. The van der Waals surface area contributed by atoms with E-state index in [0.29, 0.717) is 26.0 Å². The first kappa shape index (κ1) is 17.0. The summed E-state index contributed by atoms with van der Waals surface area (Å²) in [6.07, 6.45) is 2.87. The lowest BCUT2D eigenvalue weighted by Crippen LogP contribution is -2.55. The average molecular weight is 327 g/mol. The van der Waals surface area contributed by atoms with Gasteiger partial charge in [-0.05, 0) is 19.3 Å². The summed E-state index contributed by atoms with van der Waals surface area (Å²) in [6.45, 7) is 2.88. The number of amides is 5. The average Bonchev–Trinajstić information content (AvgIpc) is 2.77. The lowest BCUT2D eigenvalue weighted by atomic mass is 10.0. The molecule has 0 radical (unpaired) electrons. The highest BCUT2D eigenvalue weighted by molar-refractivity contribution is 6.34. The van der Waals surface area contributed by atoms with E-state index in [2.05, 4.69) is 5.43 Å². The van der Waals surface area contributed by atoms with Gasteiger partial charge in [0.15, 0.2) is 0 Å². The molecule has 0 spiro atoms. The smallest absolute Gasteiger partial charge is 0.345 e. The van der Waals surface area contributed by atoms with E-state index in [1.54, 1.807) is 0 Å². The van der Waals surface area contributed by atoms with Crippen LogP contribution in [0.1, 0.15) is 32.6 Å². The van der Waals surface area contributed by atoms with Gasteiger partial charge in [-0.3, -0.25) is 30.1 Å². The van der Waals surface area contributed by atoms with Gasteiger partial charge in [0.05, 0.1) is 12.6 Å². The van der Waals surface area contributed by atoms with Crippen molar-refractivity contribution >= 4 is 23.8 Å². The van der Waals surface area contributed by atoms with Crippen LogP contribution in [0.2, 0.25) is 0 Å². The monoisotopic (exact) mass is 327 g/mol. The van der Waals surface area contributed by atoms with E-state index in [9.17, 15) is 19.2 Å². The second-order valence-corrected chi connectivity index (χ2v) is 5.50. The number of piperidine rings is 1. The van der Waals surface area contributed by atoms with E-state index >= 15 is 0 Å². The van der Waals surface area contributed by atoms with Gasteiger partial charge in [-0.25, -0.2) is 4.79 Å². The highest BCUT2D eigenvalue weighted by Gasteiger charge is 2.47. The Morgan fingerprint density at radius 2 is 2.04 bits per heavy atom. The van der Waals surface area contributed by atoms with Crippen molar-refractivity contribution < 1.29 is 24.0 Å². The molecule has 5 amide bonds. The Bertz CT molecular complexity index is 511. The van der Waals surface area contributed by atoms with Crippen molar-refractivity contribution in [2.45, 2.75) is 44.7 Å². The zero-order valence-electron chi connectivity index (χ0n) is 12.9. The Labute approximate surface area is 133 Å². The minimum absolute atomic E-state index is 0.0661. The number of unbranched alkanes of at least 4 members (excludes halogenated alkanes) is 1. The minimum atomic E-state index is -1.21. The van der Waals surface area contributed by atoms with Crippen LogP contribution in [-0.4, -0.2) is 59.0 Å². The number of nitrogens with one attached hydrogen (secondary N) is 2. The summed E-state index contributed by atoms with van der Waals surface area (Å²) in [6, 6.07) is -1.14. The summed E-state index contributed by atoms with van der Waals surface area (Å²) < 4.78 is 0. The molecular weight excluding hydrogens is 306 g/mol. The predicted molar refractivity (Wildman–Crippen MR) is 77.1 cm³/mol. The molecule has 2 rings (SSSR count). The Hall–Kier alpha value is -2.36. The molecule has 0 aromatic carbocycles. The Morgan fingerprint density at radius 1 is 1.30 bits per heavy atom. The quantitative estimate of drug-likeness (QED) is 0.325. The van der Waals surface area contributed by atoms with E-state index in [1.807, 2.05) is 12.3 Å². The first-order valence-corrected chi connectivity index (χ1v) is 7.58. The van der Waals surface area contributed by atoms with Crippen molar-refractivity contribution in [3.63, 3.8) is 0 Å². The van der Waals surface area contributed by atoms with Crippen LogP contribution in [0.25, 0.3) is 0 Å². The van der Waals surface area contributed by atoms with Crippen LogP contribution in [0, 0.1) is 0 Å². The number of carbonyl (C=O) groups is 4. The summed E-state index contributed by atoms with van der Waals surface area (Å²) in [4.78, 5) is 53.0. The van der Waals surface area contributed by atoms with Gasteiger partial charge in [-0.2, -0.15) is 5.06 Å². The van der Waals surface area contributed by atoms with Crippen LogP contribution in [0.4, 0.5) is 4.79 Å². The van der Waals surface area contributed by atoms with Crippen LogP contribution in [0.15, 0.2) is 0 Å². The maximum atomic E-state index is 12.3. The number of hydrogen-bond acceptors (Lipinski definition) is 5. The third kappa shape index (κ3) is 3.70. The standard InChI is InChI=1S/C13H21N5O5/c1-2-3-6-23-18-8-4-5-9(17(7-8)13(18)22)11(20)15-16-12(21)10(14)19/h8-9H,2-7H2,1H3,(H2,14,19)(H,15,20)(H,16,21)/t8-,9-/m0/s1. The lowest BCUT2D eigenvalue weighted by Gasteiger charge is -2.29. The molecule has 2 atom stereocenters. The molecule has 2 heterocycles. The van der Waals surface area contributed by atoms with Gasteiger partial charge >= 0.3 is 17.8 Å². The van der Waals surface area contributed by atoms with Gasteiger partial charge in [0.1, 0.15) is 6.04 Å². The molecule has 0 unspecified atom stereocenters. The van der Waals surface area contributed by atoms with Gasteiger partial charge in [0.2, 0.25) is 0 Å². The fourth-order valence-electron chi connectivity index (χ4n) is 2.64. The normalized spacial score (nSPS) is 22.9. The van der Waals surface area contributed by atoms with E-state index < -0.39 is 23.8 Å². The van der Waals surface area contributed by atoms with Crippen molar-refractivity contribution in [2.24, 2.45) is 5.73 Å². The summed E-state index contributed by atoms with van der Waals surface area (Å²) >= 11 is 0. The maximum absolute atomic E-state index is 12.3. The second-order valence-electron chi connectivity index (χ2n) is 5.50. The molecule has 0 saturated carbocycles. The summed E-state index contributed by atoms with van der Waals surface area (Å²) in [7, 11) is 0. The topological polar surface area (TPSA) is 134 Å². The molecule has 2 aliphatic heterocycles. The number of urea groups is 1. The minimum Gasteiger partial charge on any atom is -0.361 e. The first-order valence-electron chi connectivity index (χ1n) is 7.58. The van der Waals surface area contributed by atoms with Gasteiger partial charge < -0.3 is 10.6 Å².